The van der Waals surface area contributed by atoms with Crippen LogP contribution in [0.5, 0.6) is 0 Å². The van der Waals surface area contributed by atoms with Gasteiger partial charge in [-0.3, -0.25) is 5.10 Å². The lowest BCUT2D eigenvalue weighted by Gasteiger charge is -1.80. The third kappa shape index (κ3) is 0.930. The van der Waals surface area contributed by atoms with Crippen molar-refractivity contribution in [3.8, 4) is 0 Å². The van der Waals surface area contributed by atoms with E-state index in [0.717, 1.165) is 11.2 Å². The number of halogens is 1. The molecule has 10 heavy (non-hydrogen) atoms. The molecule has 0 spiro atoms. The molecule has 2 aromatic rings. The minimum absolute atomic E-state index is 0. The summed E-state index contributed by atoms with van der Waals surface area (Å²) in [6.07, 6.45) is 4.90. The molecule has 0 saturated heterocycles. The lowest BCUT2D eigenvalue weighted by atomic mass is 10.6. The van der Waals surface area contributed by atoms with Crippen molar-refractivity contribution in [3.05, 3.63) is 18.6 Å². The molecule has 5 heteroatoms. The van der Waals surface area contributed by atoms with Gasteiger partial charge < -0.3 is 0 Å². The topological polar surface area (TPSA) is 54.5 Å². The van der Waals surface area contributed by atoms with Gasteiger partial charge in [-0.15, -0.1) is 12.4 Å². The van der Waals surface area contributed by atoms with Crippen LogP contribution in [0.2, 0.25) is 0 Å². The largest absolute Gasteiger partial charge is 0.259 e. The number of H-pyrrole nitrogens is 1. The molecule has 1 N–H and O–H groups in total. The van der Waals surface area contributed by atoms with Gasteiger partial charge in [-0.25, -0.2) is 9.97 Å². The fourth-order valence-electron chi connectivity index (χ4n) is 0.684. The highest BCUT2D eigenvalue weighted by Crippen LogP contribution is 1.98. The smallest absolute Gasteiger partial charge is 0.174 e. The van der Waals surface area contributed by atoms with E-state index in [9.17, 15) is 0 Å². The summed E-state index contributed by atoms with van der Waals surface area (Å²) in [5.74, 6) is 0. The molecule has 0 radical (unpaired) electrons. The number of aromatic nitrogens is 4. The second-order valence-corrected chi connectivity index (χ2v) is 1.66. The van der Waals surface area contributed by atoms with Crippen molar-refractivity contribution in [3.63, 3.8) is 0 Å². The third-order valence-corrected chi connectivity index (χ3v) is 1.08. The van der Waals surface area contributed by atoms with Crippen LogP contribution >= 0.6 is 12.4 Å². The maximum Gasteiger partial charge on any atom is 0.174 e. The molecule has 0 atom stereocenters. The van der Waals surface area contributed by atoms with Gasteiger partial charge >= 0.3 is 0 Å². The summed E-state index contributed by atoms with van der Waals surface area (Å²) in [4.78, 5) is 7.95. The minimum atomic E-state index is 0. The van der Waals surface area contributed by atoms with E-state index in [0.29, 0.717) is 0 Å². The van der Waals surface area contributed by atoms with Gasteiger partial charge in [-0.05, 0) is 0 Å². The summed E-state index contributed by atoms with van der Waals surface area (Å²) < 4.78 is 0. The van der Waals surface area contributed by atoms with Crippen LogP contribution in [-0.2, 0) is 0 Å². The van der Waals surface area contributed by atoms with E-state index in [1.165, 1.54) is 0 Å². The highest BCUT2D eigenvalue weighted by molar-refractivity contribution is 5.85. The van der Waals surface area contributed by atoms with Crippen molar-refractivity contribution in [2.24, 2.45) is 0 Å². The van der Waals surface area contributed by atoms with Crippen LogP contribution in [0.15, 0.2) is 18.6 Å². The Kier molecular flexibility index (Phi) is 1.82. The van der Waals surface area contributed by atoms with Gasteiger partial charge in [0.05, 0.1) is 6.20 Å². The van der Waals surface area contributed by atoms with Gasteiger partial charge in [0, 0.05) is 12.4 Å². The van der Waals surface area contributed by atoms with Gasteiger partial charge in [-0.1, -0.05) is 0 Å². The molecule has 2 rings (SSSR count). The summed E-state index contributed by atoms with van der Waals surface area (Å²) in [5, 5.41) is 6.45. The van der Waals surface area contributed by atoms with Gasteiger partial charge in [0.15, 0.2) is 5.65 Å². The van der Waals surface area contributed by atoms with E-state index >= 15 is 0 Å². The number of nitrogens with zero attached hydrogens (tertiary/aromatic N) is 3. The highest BCUT2D eigenvalue weighted by atomic mass is 35.5. The first-order chi connectivity index (χ1) is 4.47. The number of hydrogen-bond donors (Lipinski definition) is 1. The zero-order chi connectivity index (χ0) is 6.10. The Morgan fingerprint density at radius 3 is 2.80 bits per heavy atom. The molecular weight excluding hydrogens is 152 g/mol. The van der Waals surface area contributed by atoms with E-state index in [1.807, 2.05) is 0 Å². The predicted molar refractivity (Wildman–Crippen MR) is 38.9 cm³/mol. The monoisotopic (exact) mass is 156 g/mol. The fraction of sp³-hybridized carbons (Fsp3) is 0. The molecule has 2 heterocycles. The van der Waals surface area contributed by atoms with Crippen molar-refractivity contribution in [1.82, 2.24) is 20.2 Å². The van der Waals surface area contributed by atoms with Crippen LogP contribution in [0, 0.1) is 0 Å². The second-order valence-electron chi connectivity index (χ2n) is 1.66. The van der Waals surface area contributed by atoms with Crippen molar-refractivity contribution in [2.45, 2.75) is 0 Å². The van der Waals surface area contributed by atoms with Crippen LogP contribution in [-0.4, -0.2) is 20.2 Å². The van der Waals surface area contributed by atoms with Crippen LogP contribution < -0.4 is 0 Å². The minimum Gasteiger partial charge on any atom is -0.259 e. The average molecular weight is 157 g/mol. The molecule has 52 valence electrons. The Morgan fingerprint density at radius 1 is 1.20 bits per heavy atom. The van der Waals surface area contributed by atoms with E-state index in [2.05, 4.69) is 20.2 Å². The predicted octanol–water partition coefficient (Wildman–Crippen LogP) is 0.775. The summed E-state index contributed by atoms with van der Waals surface area (Å²) in [6.45, 7) is 0. The fourth-order valence-corrected chi connectivity index (χ4v) is 0.684. The first-order valence-corrected chi connectivity index (χ1v) is 2.57. The maximum absolute atomic E-state index is 3.98. The molecule has 0 aliphatic heterocycles. The summed E-state index contributed by atoms with van der Waals surface area (Å²) in [6, 6.07) is 0. The Bertz CT molecular complexity index is 288. The van der Waals surface area contributed by atoms with Crippen LogP contribution in [0.25, 0.3) is 11.2 Å². The van der Waals surface area contributed by atoms with Gasteiger partial charge in [0.1, 0.15) is 5.52 Å². The molecule has 0 aromatic carbocycles. The molecule has 0 bridgehead atoms. The SMILES string of the molecule is Cl.c1cnc2[nH]ncc2n1. The Labute approximate surface area is 63.1 Å². The van der Waals surface area contributed by atoms with E-state index in [4.69, 9.17) is 0 Å². The third-order valence-electron chi connectivity index (χ3n) is 1.08. The molecule has 4 nitrogen and oxygen atoms in total. The Hall–Kier alpha value is -1.16. The lowest BCUT2D eigenvalue weighted by Crippen LogP contribution is -1.76. The van der Waals surface area contributed by atoms with E-state index in [-0.39, 0.29) is 12.4 Å². The Balaban J connectivity index is 0.000000500. The second kappa shape index (κ2) is 2.62. The quantitative estimate of drug-likeness (QED) is 0.613. The summed E-state index contributed by atoms with van der Waals surface area (Å²) in [5.41, 5.74) is 1.54. The van der Waals surface area contributed by atoms with Crippen molar-refractivity contribution in [2.75, 3.05) is 0 Å². The van der Waals surface area contributed by atoms with E-state index < -0.39 is 0 Å². The van der Waals surface area contributed by atoms with Crippen LogP contribution in [0.3, 0.4) is 0 Å². The zero-order valence-electron chi connectivity index (χ0n) is 4.98. The normalized spacial score (nSPS) is 9.20. The number of rotatable bonds is 0. The zero-order valence-corrected chi connectivity index (χ0v) is 5.80. The maximum atomic E-state index is 3.98. The molecule has 0 saturated carbocycles. The molecular formula is C5H5ClN4. The van der Waals surface area contributed by atoms with E-state index in [1.54, 1.807) is 18.6 Å². The van der Waals surface area contributed by atoms with Crippen LogP contribution in [0.4, 0.5) is 0 Å². The molecule has 0 aliphatic rings. The number of aromatic amines is 1. The molecule has 0 aliphatic carbocycles. The van der Waals surface area contributed by atoms with Crippen molar-refractivity contribution < 1.29 is 0 Å². The van der Waals surface area contributed by atoms with Gasteiger partial charge in [-0.2, -0.15) is 5.10 Å². The summed E-state index contributed by atoms with van der Waals surface area (Å²) >= 11 is 0. The van der Waals surface area contributed by atoms with Crippen molar-refractivity contribution in [1.29, 1.82) is 0 Å². The molecule has 0 amide bonds. The van der Waals surface area contributed by atoms with Gasteiger partial charge in [0.2, 0.25) is 0 Å². The summed E-state index contributed by atoms with van der Waals surface area (Å²) in [7, 11) is 0. The van der Waals surface area contributed by atoms with Gasteiger partial charge in [0.25, 0.3) is 0 Å². The number of fused-ring (bicyclic) bond motifs is 1. The first-order valence-electron chi connectivity index (χ1n) is 2.57. The number of nitrogens with one attached hydrogen (secondary N) is 1. The molecule has 2 aromatic heterocycles. The standard InChI is InChI=1S/C5H4N4.ClH/c1-2-7-5-4(6-1)3-8-9-5;/h1-3H,(H,7,8,9);1H. The highest BCUT2D eigenvalue weighted by Gasteiger charge is 1.91. The average Bonchev–Trinajstić information content (AvgIpc) is 2.33. The Morgan fingerprint density at radius 2 is 2.00 bits per heavy atom. The lowest BCUT2D eigenvalue weighted by molar-refractivity contribution is 1.10. The number of hydrogen-bond acceptors (Lipinski definition) is 3. The van der Waals surface area contributed by atoms with Crippen LogP contribution in [0.1, 0.15) is 0 Å². The molecule has 0 unspecified atom stereocenters. The first kappa shape index (κ1) is 6.95. The van der Waals surface area contributed by atoms with Crippen molar-refractivity contribution >= 4 is 23.6 Å². The molecule has 0 fully saturated rings.